The highest BCUT2D eigenvalue weighted by Gasteiger charge is 2.21. The van der Waals surface area contributed by atoms with Gasteiger partial charge in [0.1, 0.15) is 5.75 Å². The smallest absolute Gasteiger partial charge is 0.260 e. The fourth-order valence-corrected chi connectivity index (χ4v) is 4.11. The number of aromatic nitrogens is 1. The number of methoxy groups -OCH3 is 1. The van der Waals surface area contributed by atoms with Crippen molar-refractivity contribution in [2.75, 3.05) is 39.2 Å². The highest BCUT2D eigenvalue weighted by atomic mass is 79.9. The molecule has 0 radical (unpaired) electrons. The van der Waals surface area contributed by atoms with Crippen molar-refractivity contribution >= 4 is 48.5 Å². The topological polar surface area (TPSA) is 45.7 Å². The number of amides is 1. The monoisotopic (exact) mass is 447 g/mol. The summed E-state index contributed by atoms with van der Waals surface area (Å²) in [6, 6.07) is 13.3. The number of carbonyl (C=O) groups is 1. The maximum atomic E-state index is 13.2. The van der Waals surface area contributed by atoms with Gasteiger partial charge in [-0.1, -0.05) is 33.3 Å². The molecule has 3 aromatic rings. The van der Waals surface area contributed by atoms with E-state index in [1.807, 2.05) is 56.6 Å². The predicted octanol–water partition coefficient (Wildman–Crippen LogP) is 4.67. The molecule has 0 saturated heterocycles. The van der Waals surface area contributed by atoms with Crippen LogP contribution in [0.2, 0.25) is 0 Å². The van der Waals surface area contributed by atoms with Gasteiger partial charge in [0.2, 0.25) is 0 Å². The Bertz CT molecular complexity index is 942. The molecule has 7 heteroatoms. The van der Waals surface area contributed by atoms with Gasteiger partial charge in [-0.05, 0) is 57.4 Å². The number of carbonyl (C=O) groups excluding carboxylic acids is 1. The van der Waals surface area contributed by atoms with E-state index in [0.717, 1.165) is 33.4 Å². The molecule has 0 unspecified atom stereocenters. The average Bonchev–Trinajstić information content (AvgIpc) is 3.07. The number of benzene rings is 2. The second kappa shape index (κ2) is 8.82. The van der Waals surface area contributed by atoms with Crippen LogP contribution in [0.1, 0.15) is 16.8 Å². The number of fused-ring (bicyclic) bond motifs is 1. The summed E-state index contributed by atoms with van der Waals surface area (Å²) in [6.07, 6.45) is 0.867. The summed E-state index contributed by atoms with van der Waals surface area (Å²) in [5.74, 6) is 0.720. The van der Waals surface area contributed by atoms with Crippen LogP contribution in [0, 0.1) is 0 Å². The van der Waals surface area contributed by atoms with Gasteiger partial charge in [-0.3, -0.25) is 9.69 Å². The first-order valence-electron chi connectivity index (χ1n) is 8.64. The van der Waals surface area contributed by atoms with Crippen LogP contribution >= 0.6 is 27.3 Å². The van der Waals surface area contributed by atoms with Gasteiger partial charge in [0.15, 0.2) is 5.13 Å². The Kier molecular flexibility index (Phi) is 6.46. The van der Waals surface area contributed by atoms with Gasteiger partial charge in [0.05, 0.1) is 17.3 Å². The Labute approximate surface area is 171 Å². The number of thiazole rings is 1. The lowest BCUT2D eigenvalue weighted by molar-refractivity contribution is 0.0986. The Hall–Kier alpha value is -1.96. The van der Waals surface area contributed by atoms with Crippen molar-refractivity contribution in [3.05, 3.63) is 52.5 Å². The fraction of sp³-hybridized carbons (Fsp3) is 0.300. The summed E-state index contributed by atoms with van der Waals surface area (Å²) in [4.78, 5) is 21.8. The zero-order chi connectivity index (χ0) is 19.4. The minimum absolute atomic E-state index is 0.0407. The molecule has 0 spiro atoms. The number of rotatable bonds is 7. The molecule has 0 fully saturated rings. The Morgan fingerprint density at radius 3 is 2.70 bits per heavy atom. The normalized spacial score (nSPS) is 11.1. The zero-order valence-corrected chi connectivity index (χ0v) is 18.0. The lowest BCUT2D eigenvalue weighted by atomic mass is 10.2. The van der Waals surface area contributed by atoms with Gasteiger partial charge in [-0.2, -0.15) is 0 Å². The van der Waals surface area contributed by atoms with E-state index in [2.05, 4.69) is 20.8 Å². The summed E-state index contributed by atoms with van der Waals surface area (Å²) < 4.78 is 7.20. The summed E-state index contributed by atoms with van der Waals surface area (Å²) in [6.45, 7) is 1.52. The van der Waals surface area contributed by atoms with Gasteiger partial charge in [0, 0.05) is 22.6 Å². The van der Waals surface area contributed by atoms with Gasteiger partial charge in [-0.15, -0.1) is 0 Å². The van der Waals surface area contributed by atoms with Crippen molar-refractivity contribution in [1.82, 2.24) is 9.88 Å². The number of ether oxygens (including phenoxy) is 1. The van der Waals surface area contributed by atoms with E-state index in [-0.39, 0.29) is 5.91 Å². The van der Waals surface area contributed by atoms with E-state index < -0.39 is 0 Å². The molecule has 0 N–H and O–H groups in total. The van der Waals surface area contributed by atoms with Crippen molar-refractivity contribution in [1.29, 1.82) is 0 Å². The van der Waals surface area contributed by atoms with Gasteiger partial charge in [-0.25, -0.2) is 4.98 Å². The van der Waals surface area contributed by atoms with Gasteiger partial charge in [0.25, 0.3) is 5.91 Å². The molecule has 0 bridgehead atoms. The molecule has 0 atom stereocenters. The van der Waals surface area contributed by atoms with Crippen LogP contribution in [0.5, 0.6) is 5.75 Å². The lowest BCUT2D eigenvalue weighted by Crippen LogP contribution is -2.33. The molecule has 1 amide bonds. The van der Waals surface area contributed by atoms with E-state index in [9.17, 15) is 4.79 Å². The molecule has 1 aromatic heterocycles. The van der Waals surface area contributed by atoms with Crippen molar-refractivity contribution in [2.45, 2.75) is 6.42 Å². The molecule has 3 rings (SSSR count). The van der Waals surface area contributed by atoms with Crippen LogP contribution in [0.4, 0.5) is 5.13 Å². The maximum absolute atomic E-state index is 13.2. The van der Waals surface area contributed by atoms with Crippen LogP contribution in [-0.4, -0.2) is 50.1 Å². The fourth-order valence-electron chi connectivity index (χ4n) is 2.74. The maximum Gasteiger partial charge on any atom is 0.260 e. The molecular weight excluding hydrogens is 426 g/mol. The molecule has 142 valence electrons. The summed E-state index contributed by atoms with van der Waals surface area (Å²) in [7, 11) is 5.70. The van der Waals surface area contributed by atoms with Crippen LogP contribution in [0.15, 0.2) is 46.9 Å². The third kappa shape index (κ3) is 4.86. The van der Waals surface area contributed by atoms with Gasteiger partial charge < -0.3 is 9.64 Å². The number of hydrogen-bond donors (Lipinski definition) is 0. The minimum atomic E-state index is -0.0407. The summed E-state index contributed by atoms with van der Waals surface area (Å²) in [5.41, 5.74) is 1.49. The van der Waals surface area contributed by atoms with Crippen molar-refractivity contribution in [2.24, 2.45) is 0 Å². The zero-order valence-electron chi connectivity index (χ0n) is 15.6. The predicted molar refractivity (Wildman–Crippen MR) is 115 cm³/mol. The molecule has 5 nitrogen and oxygen atoms in total. The first-order chi connectivity index (χ1) is 13.0. The van der Waals surface area contributed by atoms with Gasteiger partial charge >= 0.3 is 0 Å². The Balaban J connectivity index is 1.94. The quantitative estimate of drug-likeness (QED) is 0.527. The highest BCUT2D eigenvalue weighted by molar-refractivity contribution is 9.10. The summed E-state index contributed by atoms with van der Waals surface area (Å²) >= 11 is 4.97. The van der Waals surface area contributed by atoms with Crippen LogP contribution in [0.3, 0.4) is 0 Å². The largest absolute Gasteiger partial charge is 0.497 e. The van der Waals surface area contributed by atoms with Crippen molar-refractivity contribution in [3.8, 4) is 5.75 Å². The average molecular weight is 448 g/mol. The minimum Gasteiger partial charge on any atom is -0.497 e. The van der Waals surface area contributed by atoms with Crippen molar-refractivity contribution in [3.63, 3.8) is 0 Å². The van der Waals surface area contributed by atoms with E-state index in [0.29, 0.717) is 17.2 Å². The molecule has 27 heavy (non-hydrogen) atoms. The second-order valence-corrected chi connectivity index (χ2v) is 8.38. The Morgan fingerprint density at radius 1 is 1.19 bits per heavy atom. The van der Waals surface area contributed by atoms with E-state index >= 15 is 0 Å². The number of nitrogens with zero attached hydrogens (tertiary/aromatic N) is 3. The molecule has 0 saturated carbocycles. The molecule has 1 heterocycles. The van der Waals surface area contributed by atoms with E-state index in [4.69, 9.17) is 9.72 Å². The Morgan fingerprint density at radius 2 is 2.00 bits per heavy atom. The third-order valence-electron chi connectivity index (χ3n) is 4.12. The standard InChI is InChI=1S/C20H22BrN3O2S/c1-23(2)10-5-11-24(19(25)14-6-4-7-15(21)12-14)20-22-17-13-16(26-3)8-9-18(17)27-20/h4,6-9,12-13H,5,10-11H2,1-3H3. The first-order valence-corrected chi connectivity index (χ1v) is 10.3. The molecule has 2 aromatic carbocycles. The van der Waals surface area contributed by atoms with E-state index in [1.165, 1.54) is 11.3 Å². The third-order valence-corrected chi connectivity index (χ3v) is 5.67. The number of anilines is 1. The van der Waals surface area contributed by atoms with Crippen LogP contribution in [0.25, 0.3) is 10.2 Å². The molecular formula is C20H22BrN3O2S. The number of halogens is 1. The molecule has 0 aliphatic heterocycles. The highest BCUT2D eigenvalue weighted by Crippen LogP contribution is 2.32. The summed E-state index contributed by atoms with van der Waals surface area (Å²) in [5, 5.41) is 0.710. The second-order valence-electron chi connectivity index (χ2n) is 6.45. The SMILES string of the molecule is COc1ccc2sc(N(CCCN(C)C)C(=O)c3cccc(Br)c3)nc2c1. The van der Waals surface area contributed by atoms with E-state index in [1.54, 1.807) is 12.0 Å². The lowest BCUT2D eigenvalue weighted by Gasteiger charge is -2.21. The molecule has 0 aliphatic rings. The van der Waals surface area contributed by atoms with Crippen LogP contribution in [-0.2, 0) is 0 Å². The molecule has 0 aliphatic carbocycles. The first kappa shape index (κ1) is 19.8. The number of hydrogen-bond acceptors (Lipinski definition) is 5. The van der Waals surface area contributed by atoms with Crippen LogP contribution < -0.4 is 9.64 Å². The van der Waals surface area contributed by atoms with Crippen molar-refractivity contribution < 1.29 is 9.53 Å².